The van der Waals surface area contributed by atoms with Gasteiger partial charge in [0.1, 0.15) is 17.1 Å². The van der Waals surface area contributed by atoms with Gasteiger partial charge in [0.05, 0.1) is 18.2 Å². The minimum atomic E-state index is -0.229. The first-order valence-electron chi connectivity index (χ1n) is 9.65. The molecule has 1 N–H and O–H groups in total. The molecule has 0 saturated carbocycles. The van der Waals surface area contributed by atoms with Crippen molar-refractivity contribution in [2.45, 2.75) is 25.8 Å². The number of carbonyl (C=O) groups is 2. The molecule has 1 amide bonds. The van der Waals surface area contributed by atoms with Crippen molar-refractivity contribution in [3.63, 3.8) is 0 Å². The van der Waals surface area contributed by atoms with Gasteiger partial charge in [-0.25, -0.2) is 0 Å². The Morgan fingerprint density at radius 1 is 1.31 bits per heavy atom. The van der Waals surface area contributed by atoms with E-state index in [-0.39, 0.29) is 17.7 Å². The Hall–Kier alpha value is -3.19. The van der Waals surface area contributed by atoms with Gasteiger partial charge in [-0.3, -0.25) is 9.59 Å². The van der Waals surface area contributed by atoms with E-state index in [0.29, 0.717) is 41.4 Å². The van der Waals surface area contributed by atoms with Gasteiger partial charge in [0.15, 0.2) is 5.78 Å². The number of hydrogen-bond acceptors (Lipinski definition) is 5. The van der Waals surface area contributed by atoms with Crippen LogP contribution in [-0.2, 0) is 4.74 Å². The third-order valence-electron chi connectivity index (χ3n) is 5.31. The topological polar surface area (TPSA) is 88.4 Å². The van der Waals surface area contributed by atoms with Gasteiger partial charge in [0, 0.05) is 31.0 Å². The van der Waals surface area contributed by atoms with Crippen molar-refractivity contribution >= 4 is 11.7 Å². The monoisotopic (exact) mass is 393 g/mol. The average Bonchev–Trinajstić information content (AvgIpc) is 3.48. The SMILES string of the molecule is COC[C@H]1CCCN1C(=O)c1cc(C(=O)c2c(-c3ccccc3)noc2C)c[nH]1. The lowest BCUT2D eigenvalue weighted by Crippen LogP contribution is -2.38. The molecule has 3 heterocycles. The van der Waals surface area contributed by atoms with Crippen LogP contribution in [0.3, 0.4) is 0 Å². The molecule has 7 heteroatoms. The summed E-state index contributed by atoms with van der Waals surface area (Å²) in [6, 6.07) is 11.1. The Morgan fingerprint density at radius 2 is 2.10 bits per heavy atom. The predicted octanol–water partition coefficient (Wildman–Crippen LogP) is 3.46. The first kappa shape index (κ1) is 19.1. The molecule has 2 aromatic heterocycles. The average molecular weight is 393 g/mol. The van der Waals surface area contributed by atoms with Crippen LogP contribution < -0.4 is 0 Å². The molecule has 29 heavy (non-hydrogen) atoms. The van der Waals surface area contributed by atoms with Crippen LogP contribution in [0.25, 0.3) is 11.3 Å². The van der Waals surface area contributed by atoms with Crippen molar-refractivity contribution in [3.8, 4) is 11.3 Å². The molecule has 4 rings (SSSR count). The quantitative estimate of drug-likeness (QED) is 0.648. The number of nitrogens with one attached hydrogen (secondary N) is 1. The van der Waals surface area contributed by atoms with Crippen molar-refractivity contribution < 1.29 is 18.8 Å². The standard InChI is InChI=1S/C22H23N3O4/c1-14-19(20(24-29-14)15-7-4-3-5-8-15)21(26)16-11-18(23-12-16)22(27)25-10-6-9-17(25)13-28-2/h3-5,7-8,11-12,17,23H,6,9-10,13H2,1-2H3/t17-/m1/s1. The number of ketones is 1. The molecule has 1 fully saturated rings. The molecular formula is C22H23N3O4. The fourth-order valence-corrected chi connectivity index (χ4v) is 3.85. The number of ether oxygens (including phenoxy) is 1. The fourth-order valence-electron chi connectivity index (χ4n) is 3.85. The van der Waals surface area contributed by atoms with Gasteiger partial charge in [0.2, 0.25) is 0 Å². The van der Waals surface area contributed by atoms with Gasteiger partial charge in [-0.1, -0.05) is 35.5 Å². The number of carbonyl (C=O) groups excluding carboxylic acids is 2. The first-order chi connectivity index (χ1) is 14.1. The van der Waals surface area contributed by atoms with Gasteiger partial charge < -0.3 is 19.1 Å². The maximum atomic E-state index is 13.2. The minimum absolute atomic E-state index is 0.0694. The van der Waals surface area contributed by atoms with Gasteiger partial charge in [0.25, 0.3) is 5.91 Å². The van der Waals surface area contributed by atoms with Crippen molar-refractivity contribution in [3.05, 3.63) is 65.2 Å². The molecule has 0 radical (unpaired) electrons. The number of H-pyrrole nitrogens is 1. The summed E-state index contributed by atoms with van der Waals surface area (Å²) in [6.07, 6.45) is 3.44. The van der Waals surface area contributed by atoms with E-state index in [0.717, 1.165) is 18.4 Å². The Bertz CT molecular complexity index is 1020. The number of amides is 1. The van der Waals surface area contributed by atoms with Gasteiger partial charge >= 0.3 is 0 Å². The molecule has 7 nitrogen and oxygen atoms in total. The van der Waals surface area contributed by atoms with Crippen LogP contribution in [-0.4, -0.2) is 53.0 Å². The molecule has 0 spiro atoms. The third kappa shape index (κ3) is 3.61. The maximum absolute atomic E-state index is 13.2. The number of likely N-dealkylation sites (tertiary alicyclic amines) is 1. The van der Waals surface area contributed by atoms with Crippen molar-refractivity contribution in [2.24, 2.45) is 0 Å². The zero-order valence-electron chi connectivity index (χ0n) is 16.5. The third-order valence-corrected chi connectivity index (χ3v) is 5.31. The normalized spacial score (nSPS) is 16.3. The molecule has 1 aliphatic heterocycles. The van der Waals surface area contributed by atoms with Crippen LogP contribution in [0.1, 0.15) is 45.0 Å². The van der Waals surface area contributed by atoms with E-state index in [1.807, 2.05) is 35.2 Å². The summed E-state index contributed by atoms with van der Waals surface area (Å²) in [5, 5.41) is 4.07. The summed E-state index contributed by atoms with van der Waals surface area (Å²) in [5.41, 5.74) is 2.51. The number of aryl methyl sites for hydroxylation is 1. The Labute approximate surface area is 168 Å². The van der Waals surface area contributed by atoms with Crippen LogP contribution in [0.5, 0.6) is 0 Å². The van der Waals surface area contributed by atoms with E-state index in [1.165, 1.54) is 0 Å². The molecule has 3 aromatic rings. The lowest BCUT2D eigenvalue weighted by atomic mass is 9.99. The van der Waals surface area contributed by atoms with Crippen LogP contribution in [0.15, 0.2) is 47.1 Å². The summed E-state index contributed by atoms with van der Waals surface area (Å²) < 4.78 is 10.5. The molecule has 1 aromatic carbocycles. The van der Waals surface area contributed by atoms with Crippen LogP contribution in [0, 0.1) is 6.92 Å². The summed E-state index contributed by atoms with van der Waals surface area (Å²) in [4.78, 5) is 30.9. The number of aromatic nitrogens is 2. The lowest BCUT2D eigenvalue weighted by molar-refractivity contribution is 0.0625. The van der Waals surface area contributed by atoms with Crippen molar-refractivity contribution in [2.75, 3.05) is 20.3 Å². The molecule has 150 valence electrons. The molecule has 1 aliphatic rings. The second kappa shape index (κ2) is 8.05. The molecule has 1 atom stereocenters. The number of nitrogens with zero attached hydrogens (tertiary/aromatic N) is 2. The smallest absolute Gasteiger partial charge is 0.270 e. The minimum Gasteiger partial charge on any atom is -0.383 e. The highest BCUT2D eigenvalue weighted by Gasteiger charge is 2.31. The van der Waals surface area contributed by atoms with Crippen LogP contribution in [0.4, 0.5) is 0 Å². The van der Waals surface area contributed by atoms with Crippen molar-refractivity contribution in [1.29, 1.82) is 0 Å². The highest BCUT2D eigenvalue weighted by atomic mass is 16.5. The maximum Gasteiger partial charge on any atom is 0.270 e. The summed E-state index contributed by atoms with van der Waals surface area (Å²) in [5.74, 6) is 0.101. The molecular weight excluding hydrogens is 370 g/mol. The number of hydrogen-bond donors (Lipinski definition) is 1. The Balaban J connectivity index is 1.60. The zero-order chi connectivity index (χ0) is 20.4. The second-order valence-electron chi connectivity index (χ2n) is 7.21. The lowest BCUT2D eigenvalue weighted by Gasteiger charge is -2.23. The molecule has 1 saturated heterocycles. The van der Waals surface area contributed by atoms with E-state index >= 15 is 0 Å². The summed E-state index contributed by atoms with van der Waals surface area (Å²) in [6.45, 7) is 2.92. The first-order valence-corrected chi connectivity index (χ1v) is 9.65. The van der Waals surface area contributed by atoms with Crippen LogP contribution in [0.2, 0.25) is 0 Å². The van der Waals surface area contributed by atoms with Crippen molar-refractivity contribution in [1.82, 2.24) is 15.0 Å². The summed E-state index contributed by atoms with van der Waals surface area (Å²) >= 11 is 0. The van der Waals surface area contributed by atoms with Gasteiger partial charge in [-0.2, -0.15) is 0 Å². The van der Waals surface area contributed by atoms with E-state index < -0.39 is 0 Å². The fraction of sp³-hybridized carbons (Fsp3) is 0.318. The van der Waals surface area contributed by atoms with Crippen LogP contribution >= 0.6 is 0 Å². The number of rotatable bonds is 6. The Kier molecular flexibility index (Phi) is 5.31. The predicted molar refractivity (Wildman–Crippen MR) is 107 cm³/mol. The van der Waals surface area contributed by atoms with Gasteiger partial charge in [-0.15, -0.1) is 0 Å². The number of methoxy groups -OCH3 is 1. The van der Waals surface area contributed by atoms with E-state index in [2.05, 4.69) is 10.1 Å². The number of benzene rings is 1. The Morgan fingerprint density at radius 3 is 2.86 bits per heavy atom. The second-order valence-corrected chi connectivity index (χ2v) is 7.21. The zero-order valence-corrected chi connectivity index (χ0v) is 16.5. The van der Waals surface area contributed by atoms with E-state index in [4.69, 9.17) is 9.26 Å². The number of aromatic amines is 1. The highest BCUT2D eigenvalue weighted by molar-refractivity contribution is 6.13. The largest absolute Gasteiger partial charge is 0.383 e. The molecule has 0 bridgehead atoms. The summed E-state index contributed by atoms with van der Waals surface area (Å²) in [7, 11) is 1.64. The highest BCUT2D eigenvalue weighted by Crippen LogP contribution is 2.28. The van der Waals surface area contributed by atoms with E-state index in [1.54, 1.807) is 26.3 Å². The molecule has 0 aliphatic carbocycles. The van der Waals surface area contributed by atoms with Gasteiger partial charge in [-0.05, 0) is 25.8 Å². The van der Waals surface area contributed by atoms with E-state index in [9.17, 15) is 9.59 Å². The molecule has 0 unspecified atom stereocenters.